The molecule has 0 aliphatic heterocycles. The van der Waals surface area contributed by atoms with E-state index in [1.807, 2.05) is 0 Å². The van der Waals surface area contributed by atoms with Gasteiger partial charge in [-0.25, -0.2) is 4.98 Å². The predicted molar refractivity (Wildman–Crippen MR) is 64.9 cm³/mol. The van der Waals surface area contributed by atoms with Gasteiger partial charge in [0.05, 0.1) is 6.54 Å². The van der Waals surface area contributed by atoms with E-state index in [2.05, 4.69) is 4.98 Å². The summed E-state index contributed by atoms with van der Waals surface area (Å²) in [5.74, 6) is 0.960. The SMILES string of the molecule is Cc1cc(=O)n(CC(=O)C2CCCC2)c(C)n1. The first kappa shape index (κ1) is 12.0. The fourth-order valence-electron chi connectivity index (χ4n) is 2.49. The monoisotopic (exact) mass is 234 g/mol. The van der Waals surface area contributed by atoms with Gasteiger partial charge >= 0.3 is 0 Å². The average molecular weight is 234 g/mol. The van der Waals surface area contributed by atoms with Crippen LogP contribution in [0.5, 0.6) is 0 Å². The van der Waals surface area contributed by atoms with Gasteiger partial charge in [-0.2, -0.15) is 0 Å². The van der Waals surface area contributed by atoms with Crippen molar-refractivity contribution < 1.29 is 4.79 Å². The third-order valence-corrected chi connectivity index (χ3v) is 3.45. The maximum atomic E-state index is 12.0. The van der Waals surface area contributed by atoms with Crippen molar-refractivity contribution in [3.05, 3.63) is 27.9 Å². The molecule has 1 aliphatic carbocycles. The van der Waals surface area contributed by atoms with E-state index in [-0.39, 0.29) is 23.8 Å². The smallest absolute Gasteiger partial charge is 0.254 e. The molecule has 0 saturated heterocycles. The van der Waals surface area contributed by atoms with Crippen LogP contribution in [0.2, 0.25) is 0 Å². The summed E-state index contributed by atoms with van der Waals surface area (Å²) in [5.41, 5.74) is 0.582. The Morgan fingerprint density at radius 3 is 2.65 bits per heavy atom. The van der Waals surface area contributed by atoms with E-state index < -0.39 is 0 Å². The van der Waals surface area contributed by atoms with Crippen LogP contribution in [0, 0.1) is 19.8 Å². The van der Waals surface area contributed by atoms with Crippen LogP contribution < -0.4 is 5.56 Å². The minimum atomic E-state index is -0.124. The second-order valence-corrected chi connectivity index (χ2v) is 4.82. The summed E-state index contributed by atoms with van der Waals surface area (Å²) in [6.07, 6.45) is 4.23. The minimum absolute atomic E-state index is 0.124. The van der Waals surface area contributed by atoms with Gasteiger partial charge < -0.3 is 0 Å². The normalized spacial score (nSPS) is 16.4. The molecule has 1 aliphatic rings. The average Bonchev–Trinajstić information content (AvgIpc) is 2.76. The summed E-state index contributed by atoms with van der Waals surface area (Å²) in [5, 5.41) is 0. The van der Waals surface area contributed by atoms with Gasteiger partial charge in [-0.1, -0.05) is 12.8 Å². The van der Waals surface area contributed by atoms with Gasteiger partial charge in [0.15, 0.2) is 5.78 Å². The first-order chi connectivity index (χ1) is 8.08. The Bertz CT molecular complexity index is 485. The van der Waals surface area contributed by atoms with E-state index in [0.29, 0.717) is 11.5 Å². The predicted octanol–water partition coefficient (Wildman–Crippen LogP) is 1.62. The minimum Gasteiger partial charge on any atom is -0.297 e. The van der Waals surface area contributed by atoms with Crippen molar-refractivity contribution in [2.45, 2.75) is 46.1 Å². The Labute approximate surface area is 101 Å². The molecule has 1 aromatic heterocycles. The Morgan fingerprint density at radius 2 is 2.06 bits per heavy atom. The van der Waals surface area contributed by atoms with Gasteiger partial charge in [-0.15, -0.1) is 0 Å². The van der Waals surface area contributed by atoms with Gasteiger partial charge in [-0.05, 0) is 26.7 Å². The van der Waals surface area contributed by atoms with Crippen LogP contribution in [0.4, 0.5) is 0 Å². The van der Waals surface area contributed by atoms with E-state index in [1.54, 1.807) is 13.8 Å². The van der Waals surface area contributed by atoms with Crippen LogP contribution in [-0.4, -0.2) is 15.3 Å². The summed E-state index contributed by atoms with van der Waals surface area (Å²) >= 11 is 0. The molecule has 0 amide bonds. The molecule has 4 nitrogen and oxygen atoms in total. The molecule has 0 bridgehead atoms. The maximum Gasteiger partial charge on any atom is 0.254 e. The van der Waals surface area contributed by atoms with Crippen molar-refractivity contribution in [3.8, 4) is 0 Å². The van der Waals surface area contributed by atoms with Gasteiger partial charge in [-0.3, -0.25) is 14.2 Å². The second kappa shape index (κ2) is 4.82. The lowest BCUT2D eigenvalue weighted by Crippen LogP contribution is -2.29. The number of carbonyl (C=O) groups is 1. The Morgan fingerprint density at radius 1 is 1.41 bits per heavy atom. The third-order valence-electron chi connectivity index (χ3n) is 3.45. The van der Waals surface area contributed by atoms with Crippen molar-refractivity contribution in [2.75, 3.05) is 0 Å². The molecule has 0 radical (unpaired) electrons. The molecular formula is C13H18N2O2. The summed E-state index contributed by atoms with van der Waals surface area (Å²) < 4.78 is 1.48. The lowest BCUT2D eigenvalue weighted by atomic mass is 10.0. The molecule has 1 saturated carbocycles. The van der Waals surface area contributed by atoms with Crippen LogP contribution in [0.3, 0.4) is 0 Å². The standard InChI is InChI=1S/C13H18N2O2/c1-9-7-13(17)15(10(2)14-9)8-12(16)11-5-3-4-6-11/h7,11H,3-6,8H2,1-2H3. The fourth-order valence-corrected chi connectivity index (χ4v) is 2.49. The van der Waals surface area contributed by atoms with E-state index >= 15 is 0 Å². The zero-order chi connectivity index (χ0) is 12.4. The topological polar surface area (TPSA) is 52.0 Å². The van der Waals surface area contributed by atoms with Crippen LogP contribution in [-0.2, 0) is 11.3 Å². The lowest BCUT2D eigenvalue weighted by Gasteiger charge is -2.12. The number of rotatable bonds is 3. The van der Waals surface area contributed by atoms with Crippen molar-refractivity contribution >= 4 is 5.78 Å². The first-order valence-corrected chi connectivity index (χ1v) is 6.15. The molecule has 0 aromatic carbocycles. The van der Waals surface area contributed by atoms with E-state index in [9.17, 15) is 9.59 Å². The Hall–Kier alpha value is -1.45. The molecule has 0 unspecified atom stereocenters. The maximum absolute atomic E-state index is 12.0. The number of hydrogen-bond donors (Lipinski definition) is 0. The molecule has 4 heteroatoms. The molecule has 0 atom stereocenters. The first-order valence-electron chi connectivity index (χ1n) is 6.15. The highest BCUT2D eigenvalue weighted by atomic mass is 16.1. The van der Waals surface area contributed by atoms with Gasteiger partial charge in [0.25, 0.3) is 5.56 Å². The number of aryl methyl sites for hydroxylation is 2. The van der Waals surface area contributed by atoms with Crippen LogP contribution in [0.1, 0.15) is 37.2 Å². The molecule has 1 aromatic rings. The number of Topliss-reactive ketones (excluding diaryl/α,β-unsaturated/α-hetero) is 1. The summed E-state index contributed by atoms with van der Waals surface area (Å²) in [7, 11) is 0. The second-order valence-electron chi connectivity index (χ2n) is 4.82. The zero-order valence-corrected chi connectivity index (χ0v) is 10.4. The number of aromatic nitrogens is 2. The van der Waals surface area contributed by atoms with Crippen LogP contribution in [0.25, 0.3) is 0 Å². The number of ketones is 1. The van der Waals surface area contributed by atoms with Crippen molar-refractivity contribution in [1.82, 2.24) is 9.55 Å². The van der Waals surface area contributed by atoms with Crippen molar-refractivity contribution in [3.63, 3.8) is 0 Å². The Balaban J connectivity index is 2.18. The van der Waals surface area contributed by atoms with Crippen molar-refractivity contribution in [2.24, 2.45) is 5.92 Å². The molecule has 1 heterocycles. The molecule has 17 heavy (non-hydrogen) atoms. The molecule has 0 N–H and O–H groups in total. The Kier molecular flexibility index (Phi) is 3.41. The van der Waals surface area contributed by atoms with E-state index in [4.69, 9.17) is 0 Å². The highest BCUT2D eigenvalue weighted by molar-refractivity contribution is 5.81. The van der Waals surface area contributed by atoms with Gasteiger partial charge in [0.1, 0.15) is 5.82 Å². The summed E-state index contributed by atoms with van der Waals surface area (Å²) in [6.45, 7) is 3.75. The third kappa shape index (κ3) is 2.62. The highest BCUT2D eigenvalue weighted by Crippen LogP contribution is 2.25. The molecule has 0 spiro atoms. The fraction of sp³-hybridized carbons (Fsp3) is 0.615. The number of nitrogens with zero attached hydrogens (tertiary/aromatic N) is 2. The highest BCUT2D eigenvalue weighted by Gasteiger charge is 2.23. The molecule has 1 fully saturated rings. The van der Waals surface area contributed by atoms with E-state index in [1.165, 1.54) is 10.6 Å². The van der Waals surface area contributed by atoms with Crippen LogP contribution >= 0.6 is 0 Å². The van der Waals surface area contributed by atoms with E-state index in [0.717, 1.165) is 25.7 Å². The van der Waals surface area contributed by atoms with Gasteiger partial charge in [0.2, 0.25) is 0 Å². The number of carbonyl (C=O) groups excluding carboxylic acids is 1. The quantitative estimate of drug-likeness (QED) is 0.798. The van der Waals surface area contributed by atoms with Gasteiger partial charge in [0, 0.05) is 17.7 Å². The van der Waals surface area contributed by atoms with Crippen LogP contribution in [0.15, 0.2) is 10.9 Å². The van der Waals surface area contributed by atoms with Crippen molar-refractivity contribution in [1.29, 1.82) is 0 Å². The number of hydrogen-bond acceptors (Lipinski definition) is 3. The molecular weight excluding hydrogens is 216 g/mol. The summed E-state index contributed by atoms with van der Waals surface area (Å²) in [4.78, 5) is 28.0. The zero-order valence-electron chi connectivity index (χ0n) is 10.4. The molecule has 92 valence electrons. The largest absolute Gasteiger partial charge is 0.297 e. The lowest BCUT2D eigenvalue weighted by molar-refractivity contribution is -0.123. The molecule has 2 rings (SSSR count). The summed E-state index contributed by atoms with van der Waals surface area (Å²) in [6, 6.07) is 1.48.